The molecule has 1 amide bonds. The quantitative estimate of drug-likeness (QED) is 0.707. The first kappa shape index (κ1) is 7.73. The maximum Gasteiger partial charge on any atom is 0.220 e. The Balaban J connectivity index is 2.20. The number of rotatable bonds is 1. The minimum absolute atomic E-state index is 0.154. The maximum absolute atomic E-state index is 11.0. The van der Waals surface area contributed by atoms with Gasteiger partial charge in [0.15, 0.2) is 0 Å². The van der Waals surface area contributed by atoms with Crippen LogP contribution in [0.5, 0.6) is 0 Å². The lowest BCUT2D eigenvalue weighted by molar-refractivity contribution is -0.119. The highest BCUT2D eigenvalue weighted by molar-refractivity contribution is 7.09. The molecule has 1 aromatic rings. The third-order valence-electron chi connectivity index (χ3n) is 2.21. The second kappa shape index (κ2) is 2.86. The van der Waals surface area contributed by atoms with Gasteiger partial charge in [0.2, 0.25) is 5.91 Å². The second-order valence-corrected chi connectivity index (χ2v) is 3.99. The van der Waals surface area contributed by atoms with E-state index in [2.05, 4.69) is 10.3 Å². The Labute approximate surface area is 74.8 Å². The molecule has 0 saturated carbocycles. The van der Waals surface area contributed by atoms with Crippen LogP contribution in [0.4, 0.5) is 0 Å². The Morgan fingerprint density at radius 2 is 2.58 bits per heavy atom. The smallest absolute Gasteiger partial charge is 0.220 e. The fourth-order valence-electron chi connectivity index (χ4n) is 1.55. The van der Waals surface area contributed by atoms with Gasteiger partial charge in [0.1, 0.15) is 0 Å². The van der Waals surface area contributed by atoms with Crippen molar-refractivity contribution in [2.45, 2.75) is 25.3 Å². The number of carbonyl (C=O) groups excluding carboxylic acids is 1. The van der Waals surface area contributed by atoms with Crippen molar-refractivity contribution in [3.05, 3.63) is 16.6 Å². The van der Waals surface area contributed by atoms with E-state index in [0.717, 1.165) is 0 Å². The Morgan fingerprint density at radius 1 is 1.75 bits per heavy atom. The van der Waals surface area contributed by atoms with E-state index in [9.17, 15) is 4.79 Å². The average molecular weight is 182 g/mol. The van der Waals surface area contributed by atoms with Crippen LogP contribution >= 0.6 is 11.3 Å². The van der Waals surface area contributed by atoms with E-state index >= 15 is 0 Å². The molecular weight excluding hydrogens is 172 g/mol. The van der Waals surface area contributed by atoms with Crippen molar-refractivity contribution in [1.82, 2.24) is 10.3 Å². The summed E-state index contributed by atoms with van der Waals surface area (Å²) in [6, 6.07) is 0.262. The number of aromatic nitrogens is 1. The monoisotopic (exact) mass is 182 g/mol. The molecule has 1 aliphatic heterocycles. The number of amides is 1. The van der Waals surface area contributed by atoms with Gasteiger partial charge in [-0.15, -0.1) is 11.3 Å². The molecule has 1 N–H and O–H groups in total. The largest absolute Gasteiger partial charge is 0.353 e. The molecule has 2 unspecified atom stereocenters. The lowest BCUT2D eigenvalue weighted by atomic mass is 10.0. The van der Waals surface area contributed by atoms with Gasteiger partial charge in [-0.1, -0.05) is 0 Å². The fraction of sp³-hybridized carbons (Fsp3) is 0.500. The first-order chi connectivity index (χ1) is 5.77. The van der Waals surface area contributed by atoms with Crippen LogP contribution in [0.25, 0.3) is 0 Å². The van der Waals surface area contributed by atoms with Crippen LogP contribution in [0.2, 0.25) is 0 Å². The summed E-state index contributed by atoms with van der Waals surface area (Å²) in [5.74, 6) is 0.492. The number of nitrogens with zero attached hydrogens (tertiary/aromatic N) is 1. The lowest BCUT2D eigenvalue weighted by Crippen LogP contribution is -2.24. The number of hydrogen-bond donors (Lipinski definition) is 1. The van der Waals surface area contributed by atoms with Gasteiger partial charge in [-0.05, 0) is 6.92 Å². The standard InChI is InChI=1S/C8H10N2OS/c1-5-6(2-8(11)10-5)7-3-9-4-12-7/h3-6H,2H2,1H3,(H,10,11). The molecule has 2 rings (SSSR count). The molecule has 0 aliphatic carbocycles. The summed E-state index contributed by atoms with van der Waals surface area (Å²) >= 11 is 1.62. The van der Waals surface area contributed by atoms with Gasteiger partial charge in [0.25, 0.3) is 0 Å². The van der Waals surface area contributed by atoms with E-state index in [1.54, 1.807) is 11.3 Å². The Bertz CT molecular complexity index is 283. The number of thiazole rings is 1. The maximum atomic E-state index is 11.0. The molecule has 12 heavy (non-hydrogen) atoms. The summed E-state index contributed by atoms with van der Waals surface area (Å²) in [6.45, 7) is 2.04. The van der Waals surface area contributed by atoms with Crippen LogP contribution in [0, 0.1) is 0 Å². The predicted octanol–water partition coefficient (Wildman–Crippen LogP) is 1.14. The molecule has 1 aliphatic rings. The number of nitrogens with one attached hydrogen (secondary N) is 1. The van der Waals surface area contributed by atoms with Crippen molar-refractivity contribution < 1.29 is 4.79 Å². The van der Waals surface area contributed by atoms with E-state index in [-0.39, 0.29) is 11.9 Å². The van der Waals surface area contributed by atoms with E-state index in [1.165, 1.54) is 4.88 Å². The Hall–Kier alpha value is -0.900. The molecule has 0 radical (unpaired) electrons. The molecule has 2 atom stereocenters. The molecule has 1 fully saturated rings. The second-order valence-electron chi connectivity index (χ2n) is 3.07. The zero-order valence-corrected chi connectivity index (χ0v) is 7.60. The highest BCUT2D eigenvalue weighted by Crippen LogP contribution is 2.30. The van der Waals surface area contributed by atoms with Crippen LogP contribution in [0.3, 0.4) is 0 Å². The zero-order chi connectivity index (χ0) is 8.55. The highest BCUT2D eigenvalue weighted by atomic mass is 32.1. The van der Waals surface area contributed by atoms with Crippen LogP contribution < -0.4 is 5.32 Å². The van der Waals surface area contributed by atoms with Gasteiger partial charge in [-0.25, -0.2) is 0 Å². The third-order valence-corrected chi connectivity index (χ3v) is 3.12. The van der Waals surface area contributed by atoms with Crippen molar-refractivity contribution in [3.8, 4) is 0 Å². The first-order valence-corrected chi connectivity index (χ1v) is 4.83. The Morgan fingerprint density at radius 3 is 3.08 bits per heavy atom. The van der Waals surface area contributed by atoms with Gasteiger partial charge in [-0.2, -0.15) is 0 Å². The van der Waals surface area contributed by atoms with Crippen LogP contribution in [-0.2, 0) is 4.79 Å². The third kappa shape index (κ3) is 1.22. The van der Waals surface area contributed by atoms with E-state index in [0.29, 0.717) is 12.3 Å². The van der Waals surface area contributed by atoms with Gasteiger partial charge in [0, 0.05) is 29.5 Å². The summed E-state index contributed by atoms with van der Waals surface area (Å²) in [5.41, 5.74) is 1.81. The summed E-state index contributed by atoms with van der Waals surface area (Å²) in [7, 11) is 0. The molecule has 0 aromatic carbocycles. The van der Waals surface area contributed by atoms with E-state index in [1.807, 2.05) is 18.6 Å². The van der Waals surface area contributed by atoms with Gasteiger partial charge in [-0.3, -0.25) is 9.78 Å². The molecule has 0 bridgehead atoms. The highest BCUT2D eigenvalue weighted by Gasteiger charge is 2.30. The predicted molar refractivity (Wildman–Crippen MR) is 47.1 cm³/mol. The van der Waals surface area contributed by atoms with Crippen LogP contribution in [0.1, 0.15) is 24.1 Å². The fourth-order valence-corrected chi connectivity index (χ4v) is 2.37. The Kier molecular flexibility index (Phi) is 1.84. The van der Waals surface area contributed by atoms with E-state index < -0.39 is 0 Å². The van der Waals surface area contributed by atoms with Gasteiger partial charge < -0.3 is 5.32 Å². The molecule has 64 valence electrons. The lowest BCUT2D eigenvalue weighted by Gasteiger charge is -2.10. The van der Waals surface area contributed by atoms with Crippen LogP contribution in [0.15, 0.2) is 11.7 Å². The summed E-state index contributed by atoms with van der Waals surface area (Å²) in [5, 5.41) is 2.90. The number of hydrogen-bond acceptors (Lipinski definition) is 3. The first-order valence-electron chi connectivity index (χ1n) is 3.95. The average Bonchev–Trinajstić information content (AvgIpc) is 2.58. The van der Waals surface area contributed by atoms with Crippen molar-refractivity contribution in [3.63, 3.8) is 0 Å². The zero-order valence-electron chi connectivity index (χ0n) is 6.78. The molecule has 2 heterocycles. The van der Waals surface area contributed by atoms with Crippen molar-refractivity contribution in [1.29, 1.82) is 0 Å². The molecule has 4 heteroatoms. The molecule has 1 saturated heterocycles. The molecule has 3 nitrogen and oxygen atoms in total. The summed E-state index contributed by atoms with van der Waals surface area (Å²) in [4.78, 5) is 16.2. The van der Waals surface area contributed by atoms with Crippen LogP contribution in [-0.4, -0.2) is 16.9 Å². The van der Waals surface area contributed by atoms with Gasteiger partial charge in [0.05, 0.1) is 5.51 Å². The SMILES string of the molecule is CC1NC(=O)CC1c1cncs1. The molecular formula is C8H10N2OS. The topological polar surface area (TPSA) is 42.0 Å². The minimum atomic E-state index is 0.154. The van der Waals surface area contributed by atoms with Crippen molar-refractivity contribution >= 4 is 17.2 Å². The van der Waals surface area contributed by atoms with Crippen molar-refractivity contribution in [2.75, 3.05) is 0 Å². The normalized spacial score (nSPS) is 28.9. The molecule has 0 spiro atoms. The molecule has 1 aromatic heterocycles. The number of carbonyl (C=O) groups is 1. The van der Waals surface area contributed by atoms with Gasteiger partial charge >= 0.3 is 0 Å². The summed E-state index contributed by atoms with van der Waals surface area (Å²) < 4.78 is 0. The van der Waals surface area contributed by atoms with Crippen molar-refractivity contribution in [2.24, 2.45) is 0 Å². The van der Waals surface area contributed by atoms with E-state index in [4.69, 9.17) is 0 Å². The summed E-state index contributed by atoms with van der Waals surface area (Å²) in [6.07, 6.45) is 2.47. The minimum Gasteiger partial charge on any atom is -0.353 e.